The van der Waals surface area contributed by atoms with Crippen LogP contribution in [0.4, 0.5) is 13.2 Å². The SMILES string of the molecule is CCCCCCc1ccsc1-c1cc(C(=N)C=C(N)C(F)(F)F)nc(-c2ccc(C(C)(C)C)cc2)c1. The normalized spacial score (nSPS) is 12.7. The van der Waals surface area contributed by atoms with Crippen molar-refractivity contribution in [1.82, 2.24) is 4.98 Å². The minimum atomic E-state index is -4.70. The van der Waals surface area contributed by atoms with Gasteiger partial charge in [0.1, 0.15) is 5.70 Å². The fourth-order valence-corrected chi connectivity index (χ4v) is 4.87. The van der Waals surface area contributed by atoms with E-state index < -0.39 is 11.9 Å². The van der Waals surface area contributed by atoms with E-state index in [0.717, 1.165) is 41.7 Å². The van der Waals surface area contributed by atoms with Gasteiger partial charge < -0.3 is 5.73 Å². The number of nitrogens with one attached hydrogen (secondary N) is 1. The van der Waals surface area contributed by atoms with Crippen molar-refractivity contribution in [2.75, 3.05) is 0 Å². The van der Waals surface area contributed by atoms with E-state index in [2.05, 4.69) is 38.7 Å². The number of alkyl halides is 3. The first kappa shape index (κ1) is 27.7. The summed E-state index contributed by atoms with van der Waals surface area (Å²) in [6.45, 7) is 8.59. The predicted octanol–water partition coefficient (Wildman–Crippen LogP) is 8.67. The van der Waals surface area contributed by atoms with Crippen LogP contribution in [0, 0.1) is 5.41 Å². The minimum absolute atomic E-state index is 0.00927. The summed E-state index contributed by atoms with van der Waals surface area (Å²) in [5.74, 6) is 0. The Labute approximate surface area is 215 Å². The number of aryl methyl sites for hydroxylation is 1. The lowest BCUT2D eigenvalue weighted by atomic mass is 9.86. The summed E-state index contributed by atoms with van der Waals surface area (Å²) in [4.78, 5) is 5.63. The zero-order valence-corrected chi connectivity index (χ0v) is 22.1. The molecule has 3 nitrogen and oxygen atoms in total. The second kappa shape index (κ2) is 11.4. The Bertz CT molecular complexity index is 1220. The smallest absolute Gasteiger partial charge is 0.395 e. The maximum atomic E-state index is 13.0. The van der Waals surface area contributed by atoms with E-state index in [9.17, 15) is 13.2 Å². The van der Waals surface area contributed by atoms with E-state index in [1.807, 2.05) is 35.7 Å². The Hall–Kier alpha value is -2.93. The molecule has 0 amide bonds. The van der Waals surface area contributed by atoms with E-state index in [1.165, 1.54) is 17.5 Å². The Morgan fingerprint density at radius 2 is 1.69 bits per heavy atom. The van der Waals surface area contributed by atoms with Crippen LogP contribution in [0.2, 0.25) is 0 Å². The molecular formula is C29H34F3N3S. The maximum Gasteiger partial charge on any atom is 0.430 e. The molecule has 36 heavy (non-hydrogen) atoms. The van der Waals surface area contributed by atoms with E-state index in [1.54, 1.807) is 17.4 Å². The number of aromatic nitrogens is 1. The van der Waals surface area contributed by atoms with Gasteiger partial charge >= 0.3 is 6.18 Å². The zero-order chi connectivity index (χ0) is 26.5. The first-order valence-corrected chi connectivity index (χ1v) is 13.1. The quantitative estimate of drug-likeness (QED) is 0.222. The highest BCUT2D eigenvalue weighted by Crippen LogP contribution is 2.34. The van der Waals surface area contributed by atoms with Crippen molar-refractivity contribution < 1.29 is 13.2 Å². The van der Waals surface area contributed by atoms with Crippen LogP contribution in [0.25, 0.3) is 21.7 Å². The van der Waals surface area contributed by atoms with Crippen LogP contribution >= 0.6 is 11.3 Å². The highest BCUT2D eigenvalue weighted by Gasteiger charge is 2.31. The topological polar surface area (TPSA) is 62.8 Å². The lowest BCUT2D eigenvalue weighted by Gasteiger charge is -2.19. The first-order valence-electron chi connectivity index (χ1n) is 12.2. The number of rotatable bonds is 9. The highest BCUT2D eigenvalue weighted by atomic mass is 32.1. The predicted molar refractivity (Wildman–Crippen MR) is 145 cm³/mol. The molecule has 0 spiro atoms. The molecule has 3 N–H and O–H groups in total. The monoisotopic (exact) mass is 513 g/mol. The Morgan fingerprint density at radius 3 is 2.31 bits per heavy atom. The summed E-state index contributed by atoms with van der Waals surface area (Å²) in [7, 11) is 0. The number of benzene rings is 1. The second-order valence-corrected chi connectivity index (χ2v) is 11.0. The third kappa shape index (κ3) is 7.06. The van der Waals surface area contributed by atoms with Gasteiger partial charge in [-0.25, -0.2) is 4.98 Å². The maximum absolute atomic E-state index is 13.0. The van der Waals surface area contributed by atoms with Gasteiger partial charge in [-0.2, -0.15) is 13.2 Å². The number of hydrogen-bond acceptors (Lipinski definition) is 4. The van der Waals surface area contributed by atoms with E-state index in [4.69, 9.17) is 11.1 Å². The molecule has 0 aliphatic heterocycles. The molecule has 0 saturated heterocycles. The molecule has 0 unspecified atom stereocenters. The fourth-order valence-electron chi connectivity index (χ4n) is 3.93. The number of nitrogens with zero attached hydrogens (tertiary/aromatic N) is 1. The van der Waals surface area contributed by atoms with Gasteiger partial charge in [0.25, 0.3) is 0 Å². The van der Waals surface area contributed by atoms with Gasteiger partial charge in [0.05, 0.1) is 17.1 Å². The lowest BCUT2D eigenvalue weighted by Crippen LogP contribution is -2.21. The van der Waals surface area contributed by atoms with Gasteiger partial charge in [-0.3, -0.25) is 5.41 Å². The van der Waals surface area contributed by atoms with Crippen molar-refractivity contribution in [3.05, 3.63) is 76.4 Å². The molecule has 1 aromatic carbocycles. The van der Waals surface area contributed by atoms with Crippen LogP contribution in [0.3, 0.4) is 0 Å². The molecule has 0 aliphatic carbocycles. The molecule has 0 aliphatic rings. The fraction of sp³-hybridized carbons (Fsp3) is 0.379. The van der Waals surface area contributed by atoms with Crippen LogP contribution in [0.1, 0.15) is 70.2 Å². The third-order valence-electron chi connectivity index (χ3n) is 6.08. The molecule has 2 aromatic heterocycles. The number of pyridine rings is 1. The molecule has 0 bridgehead atoms. The molecule has 0 radical (unpaired) electrons. The summed E-state index contributed by atoms with van der Waals surface area (Å²) in [5, 5.41) is 10.4. The Kier molecular flexibility index (Phi) is 8.77. The van der Waals surface area contributed by atoms with Crippen molar-refractivity contribution in [2.45, 2.75) is 71.4 Å². The van der Waals surface area contributed by atoms with Gasteiger partial charge in [-0.05, 0) is 64.6 Å². The lowest BCUT2D eigenvalue weighted by molar-refractivity contribution is -0.0925. The van der Waals surface area contributed by atoms with E-state index >= 15 is 0 Å². The van der Waals surface area contributed by atoms with Crippen molar-refractivity contribution >= 4 is 17.0 Å². The average Bonchev–Trinajstić information content (AvgIpc) is 3.29. The highest BCUT2D eigenvalue weighted by molar-refractivity contribution is 7.13. The largest absolute Gasteiger partial charge is 0.430 e. The molecular weight excluding hydrogens is 479 g/mol. The molecule has 0 atom stereocenters. The Balaban J connectivity index is 2.07. The van der Waals surface area contributed by atoms with E-state index in [0.29, 0.717) is 11.8 Å². The van der Waals surface area contributed by atoms with Gasteiger partial charge in [-0.15, -0.1) is 11.3 Å². The number of thiophene rings is 1. The zero-order valence-electron chi connectivity index (χ0n) is 21.3. The molecule has 7 heteroatoms. The third-order valence-corrected chi connectivity index (χ3v) is 7.09. The molecule has 192 valence electrons. The molecule has 3 rings (SSSR count). The van der Waals surface area contributed by atoms with Crippen molar-refractivity contribution in [3.8, 4) is 21.7 Å². The number of halogens is 3. The van der Waals surface area contributed by atoms with Crippen molar-refractivity contribution in [3.63, 3.8) is 0 Å². The number of hydrogen-bond donors (Lipinski definition) is 2. The average molecular weight is 514 g/mol. The van der Waals surface area contributed by atoms with Gasteiger partial charge in [0.15, 0.2) is 0 Å². The Morgan fingerprint density at radius 1 is 1.00 bits per heavy atom. The van der Waals surface area contributed by atoms with Crippen molar-refractivity contribution in [1.29, 1.82) is 5.41 Å². The molecule has 2 heterocycles. The summed E-state index contributed by atoms with van der Waals surface area (Å²) in [5.41, 5.74) is 8.33. The van der Waals surface area contributed by atoms with Crippen LogP contribution in [0.15, 0.2) is 59.6 Å². The van der Waals surface area contributed by atoms with Gasteiger partial charge in [0.2, 0.25) is 0 Å². The van der Waals surface area contributed by atoms with Gasteiger partial charge in [-0.1, -0.05) is 71.2 Å². The molecule has 0 saturated carbocycles. The minimum Gasteiger partial charge on any atom is -0.395 e. The van der Waals surface area contributed by atoms with Crippen LogP contribution in [0.5, 0.6) is 0 Å². The van der Waals surface area contributed by atoms with Crippen LogP contribution in [-0.4, -0.2) is 16.9 Å². The van der Waals surface area contributed by atoms with Crippen LogP contribution < -0.4 is 5.73 Å². The van der Waals surface area contributed by atoms with Crippen LogP contribution in [-0.2, 0) is 11.8 Å². The molecule has 3 aromatic rings. The number of allylic oxidation sites excluding steroid dienone is 2. The standard InChI is InChI=1S/C29H34F3N3S/c1-5-6-7-8-9-20-14-15-36-27(20)21-16-24(19-10-12-22(13-11-19)28(2,3)4)35-25(17-21)23(33)18-26(34)29(30,31)32/h10-18,33H,5-9,34H2,1-4H3. The number of unbranched alkanes of at least 4 members (excludes halogenated alkanes) is 3. The van der Waals surface area contributed by atoms with Crippen molar-refractivity contribution in [2.24, 2.45) is 5.73 Å². The second-order valence-electron chi connectivity index (χ2n) is 10.1. The molecule has 0 fully saturated rings. The summed E-state index contributed by atoms with van der Waals surface area (Å²) >= 11 is 1.60. The van der Waals surface area contributed by atoms with Gasteiger partial charge in [0, 0.05) is 10.4 Å². The summed E-state index contributed by atoms with van der Waals surface area (Å²) in [6.07, 6.45) is 1.47. The number of nitrogens with two attached hydrogens (primary N) is 1. The summed E-state index contributed by atoms with van der Waals surface area (Å²) < 4.78 is 39.1. The summed E-state index contributed by atoms with van der Waals surface area (Å²) in [6, 6.07) is 13.8. The van der Waals surface area contributed by atoms with E-state index in [-0.39, 0.29) is 16.8 Å². The first-order chi connectivity index (χ1) is 16.9.